The SMILES string of the molecule is C[C@H]1Cn2nc(C34CCC(C(=O)O)(CC3)CC4)cc2-c2cnnc([C@@](C)(O)C(F)(F)F)c21. The summed E-state index contributed by atoms with van der Waals surface area (Å²) in [6, 6.07) is 1.91. The summed E-state index contributed by atoms with van der Waals surface area (Å²) in [6.45, 7) is 2.87. The molecule has 0 unspecified atom stereocenters. The minimum absolute atomic E-state index is 0.203. The zero-order valence-corrected chi connectivity index (χ0v) is 17.9. The van der Waals surface area contributed by atoms with Crippen LogP contribution in [0.4, 0.5) is 13.2 Å². The van der Waals surface area contributed by atoms with Crippen LogP contribution in [-0.4, -0.2) is 42.3 Å². The van der Waals surface area contributed by atoms with Gasteiger partial charge in [0.05, 0.1) is 23.0 Å². The fraction of sp³-hybridized carbons (Fsp3) is 0.636. The number of halogens is 3. The zero-order valence-electron chi connectivity index (χ0n) is 17.9. The zero-order chi connectivity index (χ0) is 23.1. The molecule has 2 bridgehead atoms. The average molecular weight is 450 g/mol. The first-order valence-electron chi connectivity index (χ1n) is 10.9. The molecule has 2 atom stereocenters. The van der Waals surface area contributed by atoms with E-state index in [1.54, 1.807) is 11.6 Å². The number of alkyl halides is 3. The van der Waals surface area contributed by atoms with Crippen molar-refractivity contribution in [3.05, 3.63) is 29.2 Å². The maximum absolute atomic E-state index is 13.6. The van der Waals surface area contributed by atoms with Crippen molar-refractivity contribution in [3.63, 3.8) is 0 Å². The van der Waals surface area contributed by atoms with E-state index in [0.717, 1.165) is 25.0 Å². The lowest BCUT2D eigenvalue weighted by atomic mass is 9.53. The topological polar surface area (TPSA) is 101 Å². The van der Waals surface area contributed by atoms with Gasteiger partial charge < -0.3 is 10.2 Å². The molecule has 2 aromatic heterocycles. The van der Waals surface area contributed by atoms with Crippen LogP contribution in [0, 0.1) is 5.41 Å². The number of carbonyl (C=O) groups is 1. The van der Waals surface area contributed by atoms with Gasteiger partial charge in [0.1, 0.15) is 5.69 Å². The Kier molecular flexibility index (Phi) is 4.35. The van der Waals surface area contributed by atoms with Crippen molar-refractivity contribution in [3.8, 4) is 11.3 Å². The Bertz CT molecular complexity index is 1080. The van der Waals surface area contributed by atoms with Gasteiger partial charge in [-0.15, -0.1) is 0 Å². The molecule has 0 radical (unpaired) electrons. The molecule has 3 heterocycles. The summed E-state index contributed by atoms with van der Waals surface area (Å²) in [7, 11) is 0. The quantitative estimate of drug-likeness (QED) is 0.736. The highest BCUT2D eigenvalue weighted by atomic mass is 19.4. The predicted molar refractivity (Wildman–Crippen MR) is 107 cm³/mol. The normalized spacial score (nSPS) is 31.0. The molecule has 32 heavy (non-hydrogen) atoms. The monoisotopic (exact) mass is 450 g/mol. The first-order valence-corrected chi connectivity index (χ1v) is 10.9. The van der Waals surface area contributed by atoms with Crippen LogP contribution in [0.1, 0.15) is 75.2 Å². The molecule has 172 valence electrons. The van der Waals surface area contributed by atoms with Crippen LogP contribution in [0.2, 0.25) is 0 Å². The third-order valence-corrected chi connectivity index (χ3v) is 8.14. The Labute approximate surface area is 182 Å². The van der Waals surface area contributed by atoms with Gasteiger partial charge in [-0.3, -0.25) is 9.48 Å². The van der Waals surface area contributed by atoms with Crippen molar-refractivity contribution in [1.82, 2.24) is 20.0 Å². The minimum Gasteiger partial charge on any atom is -0.481 e. The van der Waals surface area contributed by atoms with E-state index in [4.69, 9.17) is 5.10 Å². The predicted octanol–water partition coefficient (Wildman–Crippen LogP) is 3.90. The Morgan fingerprint density at radius 3 is 2.38 bits per heavy atom. The number of hydrogen-bond acceptors (Lipinski definition) is 5. The molecular formula is C22H25F3N4O3. The van der Waals surface area contributed by atoms with Crippen LogP contribution in [-0.2, 0) is 22.4 Å². The summed E-state index contributed by atoms with van der Waals surface area (Å²) in [4.78, 5) is 11.8. The molecule has 1 aliphatic heterocycles. The summed E-state index contributed by atoms with van der Waals surface area (Å²) in [5.74, 6) is -1.07. The Morgan fingerprint density at radius 2 is 1.81 bits per heavy atom. The van der Waals surface area contributed by atoms with Gasteiger partial charge in [-0.2, -0.15) is 28.5 Å². The lowest BCUT2D eigenvalue weighted by Gasteiger charge is -2.50. The van der Waals surface area contributed by atoms with Gasteiger partial charge in [0.15, 0.2) is 0 Å². The molecule has 0 aromatic carbocycles. The Morgan fingerprint density at radius 1 is 1.19 bits per heavy atom. The minimum atomic E-state index is -4.89. The van der Waals surface area contributed by atoms with E-state index in [9.17, 15) is 28.2 Å². The third kappa shape index (κ3) is 2.77. The van der Waals surface area contributed by atoms with Crippen LogP contribution < -0.4 is 0 Å². The number of aliphatic carboxylic acids is 1. The number of carboxylic acid groups (broad SMARTS) is 1. The fourth-order valence-electron chi connectivity index (χ4n) is 5.87. The molecule has 3 fully saturated rings. The highest BCUT2D eigenvalue weighted by Crippen LogP contribution is 2.58. The summed E-state index contributed by atoms with van der Waals surface area (Å²) in [6.07, 6.45) is 0.597. The van der Waals surface area contributed by atoms with Gasteiger partial charge in [0.25, 0.3) is 0 Å². The summed E-state index contributed by atoms with van der Waals surface area (Å²) >= 11 is 0. The standard InChI is InChI=1S/C22H25F3N4O3/c1-12-11-29-14(13-10-26-27-17(16(12)13)19(2,32)22(23,24)25)9-15(28-29)20-3-6-21(7-4-20,8-5-20)18(30)31/h9-10,12,32H,3-8,11H2,1-2H3,(H,30,31)/t12-,19+,20?,21?/m0/s1. The van der Waals surface area contributed by atoms with Crippen LogP contribution in [0.3, 0.4) is 0 Å². The van der Waals surface area contributed by atoms with E-state index in [1.165, 1.54) is 6.20 Å². The number of fused-ring (bicyclic) bond motifs is 6. The summed E-state index contributed by atoms with van der Waals surface area (Å²) < 4.78 is 42.5. The molecule has 6 rings (SSSR count). The molecular weight excluding hydrogens is 425 g/mol. The molecule has 0 spiro atoms. The summed E-state index contributed by atoms with van der Waals surface area (Å²) in [5, 5.41) is 32.3. The molecule has 10 heteroatoms. The van der Waals surface area contributed by atoms with Crippen LogP contribution in [0.25, 0.3) is 11.3 Å². The second-order valence-electron chi connectivity index (χ2n) is 9.95. The van der Waals surface area contributed by atoms with Gasteiger partial charge in [-0.1, -0.05) is 6.92 Å². The smallest absolute Gasteiger partial charge is 0.422 e. The molecule has 2 N–H and O–H groups in total. The lowest BCUT2D eigenvalue weighted by molar-refractivity contribution is -0.260. The molecule has 0 saturated heterocycles. The number of hydrogen-bond donors (Lipinski definition) is 2. The Balaban J connectivity index is 1.57. The van der Waals surface area contributed by atoms with E-state index >= 15 is 0 Å². The van der Waals surface area contributed by atoms with Gasteiger partial charge in [-0.05, 0) is 57.1 Å². The molecule has 0 amide bonds. The van der Waals surface area contributed by atoms with E-state index in [0.29, 0.717) is 49.6 Å². The lowest BCUT2D eigenvalue weighted by Crippen LogP contribution is -2.48. The first kappa shape index (κ1) is 21.4. The van der Waals surface area contributed by atoms with Crippen molar-refractivity contribution >= 4 is 5.97 Å². The van der Waals surface area contributed by atoms with Gasteiger partial charge in [-0.25, -0.2) is 0 Å². The average Bonchev–Trinajstić information content (AvgIpc) is 3.19. The molecule has 3 saturated carbocycles. The molecule has 3 aliphatic carbocycles. The van der Waals surface area contributed by atoms with E-state index < -0.39 is 28.9 Å². The summed E-state index contributed by atoms with van der Waals surface area (Å²) in [5.41, 5.74) is -2.04. The Hall–Kier alpha value is -2.49. The molecule has 4 aliphatic rings. The second-order valence-corrected chi connectivity index (χ2v) is 9.95. The van der Waals surface area contributed by atoms with Crippen LogP contribution >= 0.6 is 0 Å². The van der Waals surface area contributed by atoms with Crippen LogP contribution in [0.5, 0.6) is 0 Å². The van der Waals surface area contributed by atoms with E-state index in [-0.39, 0.29) is 11.3 Å². The van der Waals surface area contributed by atoms with Crippen molar-refractivity contribution in [2.24, 2.45) is 5.41 Å². The number of carboxylic acids is 1. The fourth-order valence-corrected chi connectivity index (χ4v) is 5.87. The number of nitrogens with zero attached hydrogens (tertiary/aromatic N) is 4. The highest BCUT2D eigenvalue weighted by molar-refractivity contribution is 5.75. The first-order chi connectivity index (χ1) is 14.9. The second kappa shape index (κ2) is 6.52. The number of aliphatic hydroxyl groups is 1. The number of aromatic nitrogens is 4. The van der Waals surface area contributed by atoms with Gasteiger partial charge in [0, 0.05) is 23.4 Å². The van der Waals surface area contributed by atoms with Gasteiger partial charge >= 0.3 is 12.1 Å². The highest BCUT2D eigenvalue weighted by Gasteiger charge is 2.56. The largest absolute Gasteiger partial charge is 0.481 e. The maximum atomic E-state index is 13.6. The van der Waals surface area contributed by atoms with Crippen molar-refractivity contribution in [2.45, 2.75) is 82.0 Å². The van der Waals surface area contributed by atoms with Crippen molar-refractivity contribution in [1.29, 1.82) is 0 Å². The van der Waals surface area contributed by atoms with E-state index in [1.807, 2.05) is 6.07 Å². The van der Waals surface area contributed by atoms with Gasteiger partial charge in [0.2, 0.25) is 5.60 Å². The number of rotatable bonds is 3. The van der Waals surface area contributed by atoms with E-state index in [2.05, 4.69) is 10.2 Å². The van der Waals surface area contributed by atoms with Crippen molar-refractivity contribution < 1.29 is 28.2 Å². The molecule has 7 nitrogen and oxygen atoms in total. The third-order valence-electron chi connectivity index (χ3n) is 8.14. The van der Waals surface area contributed by atoms with Crippen molar-refractivity contribution in [2.75, 3.05) is 0 Å². The maximum Gasteiger partial charge on any atom is 0.422 e. The molecule has 2 aromatic rings. The van der Waals surface area contributed by atoms with Crippen LogP contribution in [0.15, 0.2) is 12.3 Å².